The van der Waals surface area contributed by atoms with E-state index in [0.717, 1.165) is 0 Å². The lowest BCUT2D eigenvalue weighted by atomic mass is 10.3. The van der Waals surface area contributed by atoms with Crippen molar-refractivity contribution < 1.29 is 4.39 Å². The summed E-state index contributed by atoms with van der Waals surface area (Å²) in [7, 11) is 0. The Morgan fingerprint density at radius 3 is 3.00 bits per heavy atom. The molecule has 2 N–H and O–H groups in total. The summed E-state index contributed by atoms with van der Waals surface area (Å²) in [5, 5.41) is 11.1. The molecule has 0 unspecified atom stereocenters. The summed E-state index contributed by atoms with van der Waals surface area (Å²) >= 11 is 5.75. The van der Waals surface area contributed by atoms with E-state index in [1.54, 1.807) is 0 Å². The molecule has 7 heteroatoms. The Morgan fingerprint density at radius 2 is 2.27 bits per heavy atom. The van der Waals surface area contributed by atoms with Crippen molar-refractivity contribution in [2.24, 2.45) is 5.73 Å². The Morgan fingerprint density at radius 1 is 1.47 bits per heavy atom. The van der Waals surface area contributed by atoms with E-state index in [2.05, 4.69) is 15.5 Å². The first-order valence-electron chi connectivity index (χ1n) is 4.15. The summed E-state index contributed by atoms with van der Waals surface area (Å²) in [6, 6.07) is 4.14. The van der Waals surface area contributed by atoms with Crippen LogP contribution < -0.4 is 5.73 Å². The van der Waals surface area contributed by atoms with Crippen molar-refractivity contribution in [2.45, 2.75) is 6.54 Å². The third-order valence-electron chi connectivity index (χ3n) is 1.85. The quantitative estimate of drug-likeness (QED) is 0.828. The van der Waals surface area contributed by atoms with Gasteiger partial charge in [-0.25, -0.2) is 4.39 Å². The molecule has 1 heterocycles. The van der Waals surface area contributed by atoms with Crippen LogP contribution in [0.1, 0.15) is 5.82 Å². The van der Waals surface area contributed by atoms with Gasteiger partial charge in [-0.05, 0) is 28.6 Å². The molecule has 15 heavy (non-hydrogen) atoms. The molecule has 0 saturated heterocycles. The van der Waals surface area contributed by atoms with Crippen LogP contribution in [0.15, 0.2) is 18.2 Å². The van der Waals surface area contributed by atoms with Crippen molar-refractivity contribution in [2.75, 3.05) is 0 Å². The van der Waals surface area contributed by atoms with Crippen LogP contribution >= 0.6 is 11.6 Å². The highest BCUT2D eigenvalue weighted by Crippen LogP contribution is 2.18. The van der Waals surface area contributed by atoms with E-state index in [1.807, 2.05) is 0 Å². The first kappa shape index (κ1) is 10.0. The average molecular weight is 228 g/mol. The van der Waals surface area contributed by atoms with E-state index in [4.69, 9.17) is 17.3 Å². The Hall–Kier alpha value is -1.53. The molecular weight excluding hydrogens is 221 g/mol. The van der Waals surface area contributed by atoms with E-state index in [9.17, 15) is 4.39 Å². The molecule has 0 saturated carbocycles. The minimum atomic E-state index is -0.457. The molecule has 0 spiro atoms. The van der Waals surface area contributed by atoms with E-state index < -0.39 is 5.82 Å². The average Bonchev–Trinajstić information content (AvgIpc) is 2.69. The summed E-state index contributed by atoms with van der Waals surface area (Å²) in [6.07, 6.45) is 0. The summed E-state index contributed by atoms with van der Waals surface area (Å²) in [5.74, 6) is -0.0856. The van der Waals surface area contributed by atoms with Gasteiger partial charge in [-0.1, -0.05) is 11.6 Å². The highest BCUT2D eigenvalue weighted by atomic mass is 35.5. The van der Waals surface area contributed by atoms with Gasteiger partial charge >= 0.3 is 0 Å². The van der Waals surface area contributed by atoms with Gasteiger partial charge in [-0.3, -0.25) is 0 Å². The second-order valence-corrected chi connectivity index (χ2v) is 3.24. The van der Waals surface area contributed by atoms with Gasteiger partial charge < -0.3 is 5.73 Å². The molecule has 0 aliphatic heterocycles. The lowest BCUT2D eigenvalue weighted by Crippen LogP contribution is -2.09. The van der Waals surface area contributed by atoms with Crippen LogP contribution in [0.5, 0.6) is 0 Å². The van der Waals surface area contributed by atoms with Crippen LogP contribution in [0.25, 0.3) is 5.69 Å². The van der Waals surface area contributed by atoms with Gasteiger partial charge in [0.05, 0.1) is 6.54 Å². The maximum Gasteiger partial charge on any atom is 0.170 e. The van der Waals surface area contributed by atoms with Crippen LogP contribution in [0.4, 0.5) is 4.39 Å². The molecule has 0 bridgehead atoms. The van der Waals surface area contributed by atoms with Gasteiger partial charge in [-0.2, -0.15) is 4.68 Å². The largest absolute Gasteiger partial charge is 0.324 e. The van der Waals surface area contributed by atoms with Gasteiger partial charge in [0.1, 0.15) is 11.5 Å². The number of hydrogen-bond acceptors (Lipinski definition) is 4. The van der Waals surface area contributed by atoms with Crippen molar-refractivity contribution in [3.05, 3.63) is 34.9 Å². The lowest BCUT2D eigenvalue weighted by molar-refractivity contribution is 0.602. The molecule has 1 aromatic heterocycles. The van der Waals surface area contributed by atoms with Crippen LogP contribution in [0.2, 0.25) is 5.02 Å². The molecule has 78 valence electrons. The number of halogens is 2. The molecule has 0 atom stereocenters. The zero-order valence-corrected chi connectivity index (χ0v) is 8.32. The molecule has 0 fully saturated rings. The van der Waals surface area contributed by atoms with Gasteiger partial charge in [0.15, 0.2) is 5.82 Å². The zero-order chi connectivity index (χ0) is 10.8. The van der Waals surface area contributed by atoms with E-state index in [1.165, 1.54) is 22.9 Å². The fourth-order valence-corrected chi connectivity index (χ4v) is 1.33. The second-order valence-electron chi connectivity index (χ2n) is 2.81. The van der Waals surface area contributed by atoms with Crippen LogP contribution in [0, 0.1) is 5.82 Å². The predicted molar refractivity (Wildman–Crippen MR) is 52.0 cm³/mol. The third-order valence-corrected chi connectivity index (χ3v) is 2.09. The highest BCUT2D eigenvalue weighted by molar-refractivity contribution is 6.30. The van der Waals surface area contributed by atoms with Crippen molar-refractivity contribution in [1.82, 2.24) is 20.2 Å². The molecule has 2 rings (SSSR count). The lowest BCUT2D eigenvalue weighted by Gasteiger charge is -2.04. The molecular formula is C8H7ClFN5. The topological polar surface area (TPSA) is 69.6 Å². The van der Waals surface area contributed by atoms with Crippen LogP contribution in [0.3, 0.4) is 0 Å². The number of hydrogen-bond donors (Lipinski definition) is 1. The van der Waals surface area contributed by atoms with Crippen molar-refractivity contribution >= 4 is 11.6 Å². The van der Waals surface area contributed by atoms with Gasteiger partial charge in [0.25, 0.3) is 0 Å². The van der Waals surface area contributed by atoms with E-state index >= 15 is 0 Å². The van der Waals surface area contributed by atoms with E-state index in [-0.39, 0.29) is 12.2 Å². The second kappa shape index (κ2) is 3.92. The van der Waals surface area contributed by atoms with E-state index in [0.29, 0.717) is 10.8 Å². The van der Waals surface area contributed by atoms with Gasteiger partial charge in [0.2, 0.25) is 0 Å². The summed E-state index contributed by atoms with van der Waals surface area (Å²) in [6.45, 7) is 0.124. The maximum absolute atomic E-state index is 13.4. The maximum atomic E-state index is 13.4. The van der Waals surface area contributed by atoms with Gasteiger partial charge in [-0.15, -0.1) is 5.10 Å². The minimum Gasteiger partial charge on any atom is -0.324 e. The summed E-state index contributed by atoms with van der Waals surface area (Å²) in [5.41, 5.74) is 5.59. The van der Waals surface area contributed by atoms with Crippen molar-refractivity contribution in [1.29, 1.82) is 0 Å². The number of benzene rings is 1. The van der Waals surface area contributed by atoms with Crippen molar-refractivity contribution in [3.63, 3.8) is 0 Å². The van der Waals surface area contributed by atoms with Crippen LogP contribution in [-0.2, 0) is 6.54 Å². The number of aromatic nitrogens is 4. The Bertz CT molecular complexity index is 484. The number of nitrogens with zero attached hydrogens (tertiary/aromatic N) is 4. The molecule has 2 aromatic rings. The highest BCUT2D eigenvalue weighted by Gasteiger charge is 2.11. The molecule has 0 aliphatic carbocycles. The minimum absolute atomic E-state index is 0.124. The number of tetrazole rings is 1. The zero-order valence-electron chi connectivity index (χ0n) is 7.56. The Balaban J connectivity index is 2.58. The predicted octanol–water partition coefficient (Wildman–Crippen LogP) is 0.913. The van der Waals surface area contributed by atoms with Crippen LogP contribution in [-0.4, -0.2) is 20.2 Å². The smallest absolute Gasteiger partial charge is 0.170 e. The Kier molecular flexibility index (Phi) is 2.61. The fraction of sp³-hybridized carbons (Fsp3) is 0.125. The first-order chi connectivity index (χ1) is 7.22. The molecule has 1 aromatic carbocycles. The number of nitrogens with two attached hydrogens (primary N) is 1. The molecule has 0 radical (unpaired) electrons. The number of rotatable bonds is 2. The van der Waals surface area contributed by atoms with Crippen molar-refractivity contribution in [3.8, 4) is 5.69 Å². The first-order valence-corrected chi connectivity index (χ1v) is 4.53. The Labute approximate surface area is 89.6 Å². The molecule has 0 aliphatic rings. The summed E-state index contributed by atoms with van der Waals surface area (Å²) < 4.78 is 14.7. The third kappa shape index (κ3) is 1.81. The van der Waals surface area contributed by atoms with Gasteiger partial charge in [0, 0.05) is 5.02 Å². The normalized spacial score (nSPS) is 10.6. The monoisotopic (exact) mass is 227 g/mol. The molecule has 0 amide bonds. The summed E-state index contributed by atoms with van der Waals surface area (Å²) in [4.78, 5) is 0. The fourth-order valence-electron chi connectivity index (χ4n) is 1.17. The standard InChI is InChI=1S/C8H7ClFN5/c9-5-1-2-6(10)7(3-5)15-8(4-11)12-13-14-15/h1-3H,4,11H2. The molecule has 5 nitrogen and oxygen atoms in total. The SMILES string of the molecule is NCc1nnnn1-c1cc(Cl)ccc1F.